The van der Waals surface area contributed by atoms with E-state index >= 15 is 0 Å². The number of amides is 1. The van der Waals surface area contributed by atoms with Crippen LogP contribution in [0, 0.1) is 5.82 Å². The predicted octanol–water partition coefficient (Wildman–Crippen LogP) is 2.09. The molecule has 3 nitrogen and oxygen atoms in total. The zero-order valence-corrected chi connectivity index (χ0v) is 10.4. The number of carbonyl (C=O) groups excluding carboxylic acids is 1. The molecule has 0 bridgehead atoms. The average Bonchev–Trinajstić information content (AvgIpc) is 2.22. The second-order valence-electron chi connectivity index (χ2n) is 3.49. The van der Waals surface area contributed by atoms with Crippen molar-refractivity contribution in [3.63, 3.8) is 0 Å². The fourth-order valence-corrected chi connectivity index (χ4v) is 1.61. The average molecular weight is 290 g/mol. The highest BCUT2D eigenvalue weighted by molar-refractivity contribution is 9.10. The van der Waals surface area contributed by atoms with Crippen molar-refractivity contribution < 1.29 is 14.3 Å². The van der Waals surface area contributed by atoms with Gasteiger partial charge in [0.25, 0.3) is 5.91 Å². The molecule has 1 unspecified atom stereocenters. The molecular formula is C11H13BrFNO2. The van der Waals surface area contributed by atoms with Crippen LogP contribution in [0.25, 0.3) is 0 Å². The van der Waals surface area contributed by atoms with Crippen molar-refractivity contribution in [1.29, 1.82) is 0 Å². The molecule has 1 atom stereocenters. The number of carbonyl (C=O) groups is 1. The molecule has 0 aromatic heterocycles. The monoisotopic (exact) mass is 289 g/mol. The molecule has 1 aromatic carbocycles. The predicted molar refractivity (Wildman–Crippen MR) is 62.7 cm³/mol. The molecule has 0 aliphatic heterocycles. The summed E-state index contributed by atoms with van der Waals surface area (Å²) in [4.78, 5) is 11.6. The van der Waals surface area contributed by atoms with E-state index in [0.29, 0.717) is 6.42 Å². The molecule has 0 fully saturated rings. The van der Waals surface area contributed by atoms with E-state index in [9.17, 15) is 9.18 Å². The van der Waals surface area contributed by atoms with Gasteiger partial charge in [-0.15, -0.1) is 0 Å². The fraction of sp³-hybridized carbons (Fsp3) is 0.364. The van der Waals surface area contributed by atoms with E-state index in [0.717, 1.165) is 0 Å². The highest BCUT2D eigenvalue weighted by Crippen LogP contribution is 2.18. The summed E-state index contributed by atoms with van der Waals surface area (Å²) in [5, 5.41) is 11.3. The van der Waals surface area contributed by atoms with Crippen LogP contribution in [-0.4, -0.2) is 23.7 Å². The van der Waals surface area contributed by atoms with Gasteiger partial charge in [0.15, 0.2) is 0 Å². The van der Waals surface area contributed by atoms with Gasteiger partial charge >= 0.3 is 0 Å². The lowest BCUT2D eigenvalue weighted by Crippen LogP contribution is -2.33. The van der Waals surface area contributed by atoms with Gasteiger partial charge in [0.05, 0.1) is 10.0 Å². The molecule has 0 aliphatic carbocycles. The SMILES string of the molecule is CC(CCO)NC(=O)c1cccc(Br)c1F. The number of nitrogens with one attached hydrogen (secondary N) is 1. The summed E-state index contributed by atoms with van der Waals surface area (Å²) in [7, 11) is 0. The lowest BCUT2D eigenvalue weighted by atomic mass is 10.1. The number of rotatable bonds is 4. The number of aliphatic hydroxyl groups is 1. The topological polar surface area (TPSA) is 49.3 Å². The molecule has 1 rings (SSSR count). The Morgan fingerprint density at radius 2 is 2.31 bits per heavy atom. The highest BCUT2D eigenvalue weighted by Gasteiger charge is 2.15. The van der Waals surface area contributed by atoms with Gasteiger partial charge < -0.3 is 10.4 Å². The molecule has 0 saturated heterocycles. The van der Waals surface area contributed by atoms with Crippen LogP contribution < -0.4 is 5.32 Å². The van der Waals surface area contributed by atoms with Crippen LogP contribution in [0.3, 0.4) is 0 Å². The smallest absolute Gasteiger partial charge is 0.254 e. The standard InChI is InChI=1S/C11H13BrFNO2/c1-7(5-6-15)14-11(16)8-3-2-4-9(12)10(8)13/h2-4,7,15H,5-6H2,1H3,(H,14,16). The molecule has 0 spiro atoms. The summed E-state index contributed by atoms with van der Waals surface area (Å²) in [5.74, 6) is -1.05. The molecule has 1 aromatic rings. The van der Waals surface area contributed by atoms with Gasteiger partial charge in [-0.25, -0.2) is 4.39 Å². The van der Waals surface area contributed by atoms with Gasteiger partial charge in [-0.1, -0.05) is 6.07 Å². The van der Waals surface area contributed by atoms with Crippen molar-refractivity contribution in [2.75, 3.05) is 6.61 Å². The summed E-state index contributed by atoms with van der Waals surface area (Å²) < 4.78 is 13.8. The van der Waals surface area contributed by atoms with Crippen molar-refractivity contribution in [2.24, 2.45) is 0 Å². The van der Waals surface area contributed by atoms with E-state index < -0.39 is 11.7 Å². The van der Waals surface area contributed by atoms with E-state index in [2.05, 4.69) is 21.2 Å². The maximum absolute atomic E-state index is 13.5. The molecule has 88 valence electrons. The van der Waals surface area contributed by atoms with E-state index in [-0.39, 0.29) is 22.7 Å². The zero-order valence-electron chi connectivity index (χ0n) is 8.84. The number of halogens is 2. The van der Waals surface area contributed by atoms with E-state index in [1.54, 1.807) is 13.0 Å². The highest BCUT2D eigenvalue weighted by atomic mass is 79.9. The third-order valence-electron chi connectivity index (χ3n) is 2.14. The van der Waals surface area contributed by atoms with Crippen LogP contribution in [0.1, 0.15) is 23.7 Å². The van der Waals surface area contributed by atoms with Crippen molar-refractivity contribution in [3.05, 3.63) is 34.1 Å². The minimum absolute atomic E-state index is 0.000773. The molecular weight excluding hydrogens is 277 g/mol. The zero-order chi connectivity index (χ0) is 12.1. The van der Waals surface area contributed by atoms with E-state index in [1.165, 1.54) is 12.1 Å². The van der Waals surface area contributed by atoms with Crippen LogP contribution >= 0.6 is 15.9 Å². The Hall–Kier alpha value is -0.940. The van der Waals surface area contributed by atoms with Gasteiger partial charge in [0.1, 0.15) is 5.82 Å². The molecule has 0 saturated carbocycles. The van der Waals surface area contributed by atoms with Gasteiger partial charge in [-0.2, -0.15) is 0 Å². The van der Waals surface area contributed by atoms with Gasteiger partial charge in [-0.05, 0) is 41.4 Å². The van der Waals surface area contributed by atoms with Crippen LogP contribution in [0.4, 0.5) is 4.39 Å². The maximum atomic E-state index is 13.5. The summed E-state index contributed by atoms with van der Waals surface area (Å²) in [6.07, 6.45) is 0.446. The Balaban J connectivity index is 2.77. The summed E-state index contributed by atoms with van der Waals surface area (Å²) in [6.45, 7) is 1.74. The molecule has 0 heterocycles. The Kier molecular flexibility index (Phi) is 4.89. The largest absolute Gasteiger partial charge is 0.396 e. The summed E-state index contributed by atoms with van der Waals surface area (Å²) in [5.41, 5.74) is -0.000773. The van der Waals surface area contributed by atoms with Gasteiger partial charge in [-0.3, -0.25) is 4.79 Å². The Morgan fingerprint density at radius 1 is 1.62 bits per heavy atom. The minimum atomic E-state index is -0.573. The van der Waals surface area contributed by atoms with Crippen LogP contribution in [0.2, 0.25) is 0 Å². The lowest BCUT2D eigenvalue weighted by molar-refractivity contribution is 0.0930. The Labute approximate surface area is 102 Å². The molecule has 5 heteroatoms. The lowest BCUT2D eigenvalue weighted by Gasteiger charge is -2.12. The van der Waals surface area contributed by atoms with Crippen molar-refractivity contribution >= 4 is 21.8 Å². The fourth-order valence-electron chi connectivity index (χ4n) is 1.25. The number of hydrogen-bond donors (Lipinski definition) is 2. The first-order valence-corrected chi connectivity index (χ1v) is 5.71. The van der Waals surface area contributed by atoms with Crippen molar-refractivity contribution in [1.82, 2.24) is 5.32 Å². The van der Waals surface area contributed by atoms with Crippen LogP contribution in [0.5, 0.6) is 0 Å². The summed E-state index contributed by atoms with van der Waals surface area (Å²) >= 11 is 3.02. The Bertz CT molecular complexity index is 384. The first-order valence-electron chi connectivity index (χ1n) is 4.92. The third-order valence-corrected chi connectivity index (χ3v) is 2.75. The van der Waals surface area contributed by atoms with E-state index in [4.69, 9.17) is 5.11 Å². The number of aliphatic hydroxyl groups excluding tert-OH is 1. The number of hydrogen-bond acceptors (Lipinski definition) is 2. The Morgan fingerprint density at radius 3 is 2.94 bits per heavy atom. The van der Waals surface area contributed by atoms with Crippen LogP contribution in [0.15, 0.2) is 22.7 Å². The molecule has 2 N–H and O–H groups in total. The minimum Gasteiger partial charge on any atom is -0.396 e. The molecule has 1 amide bonds. The second-order valence-corrected chi connectivity index (χ2v) is 4.34. The third kappa shape index (κ3) is 3.28. The quantitative estimate of drug-likeness (QED) is 0.892. The maximum Gasteiger partial charge on any atom is 0.254 e. The van der Waals surface area contributed by atoms with Gasteiger partial charge in [0, 0.05) is 12.6 Å². The first kappa shape index (κ1) is 13.1. The number of benzene rings is 1. The second kappa shape index (κ2) is 5.96. The molecule has 0 radical (unpaired) electrons. The van der Waals surface area contributed by atoms with Crippen molar-refractivity contribution in [3.8, 4) is 0 Å². The van der Waals surface area contributed by atoms with Gasteiger partial charge in [0.2, 0.25) is 0 Å². The van der Waals surface area contributed by atoms with Crippen LogP contribution in [-0.2, 0) is 0 Å². The summed E-state index contributed by atoms with van der Waals surface area (Å²) in [6, 6.07) is 4.36. The van der Waals surface area contributed by atoms with Crippen molar-refractivity contribution in [2.45, 2.75) is 19.4 Å². The first-order chi connectivity index (χ1) is 7.56. The van der Waals surface area contributed by atoms with E-state index in [1.807, 2.05) is 0 Å². The molecule has 16 heavy (non-hydrogen) atoms. The normalized spacial score (nSPS) is 12.2. The molecule has 0 aliphatic rings.